The van der Waals surface area contributed by atoms with Crippen LogP contribution in [0.25, 0.3) is 0 Å². The fourth-order valence-electron chi connectivity index (χ4n) is 2.91. The number of benzene rings is 1. The molecule has 2 heterocycles. The van der Waals surface area contributed by atoms with Gasteiger partial charge in [-0.15, -0.1) is 0 Å². The van der Waals surface area contributed by atoms with Crippen molar-refractivity contribution in [2.45, 2.75) is 18.9 Å². The van der Waals surface area contributed by atoms with Gasteiger partial charge in [-0.25, -0.2) is 0 Å². The van der Waals surface area contributed by atoms with Crippen LogP contribution in [0.1, 0.15) is 23.6 Å². The Balaban J connectivity index is 1.68. The van der Waals surface area contributed by atoms with E-state index >= 15 is 0 Å². The molecule has 1 aromatic rings. The molecule has 1 unspecified atom stereocenters. The lowest BCUT2D eigenvalue weighted by Gasteiger charge is -2.30. The first-order valence-corrected chi connectivity index (χ1v) is 7.34. The summed E-state index contributed by atoms with van der Waals surface area (Å²) in [6, 6.07) is 6.22. The fraction of sp³-hybridized carbons (Fsp3) is 0.533. The van der Waals surface area contributed by atoms with Gasteiger partial charge in [-0.05, 0) is 23.6 Å². The normalized spacial score (nSPS) is 21.1. The number of anilines is 1. The number of rotatable bonds is 3. The smallest absolute Gasteiger partial charge is 0.224 e. The van der Waals surface area contributed by atoms with Crippen molar-refractivity contribution in [3.63, 3.8) is 0 Å². The number of piperazine rings is 1. The summed E-state index contributed by atoms with van der Waals surface area (Å²) in [4.78, 5) is 13.8. The molecule has 20 heavy (non-hydrogen) atoms. The number of nitrogens with one attached hydrogen (secondary N) is 2. The molecule has 1 saturated heterocycles. The lowest BCUT2D eigenvalue weighted by molar-refractivity contribution is -0.116. The van der Waals surface area contributed by atoms with Crippen LogP contribution in [0.5, 0.6) is 0 Å². The number of fused-ring (bicyclic) bond motifs is 1. The van der Waals surface area contributed by atoms with Gasteiger partial charge in [0.2, 0.25) is 5.91 Å². The van der Waals surface area contributed by atoms with Gasteiger partial charge in [0.15, 0.2) is 0 Å². The Morgan fingerprint density at radius 2 is 2.05 bits per heavy atom. The number of carbonyl (C=O) groups is 1. The highest BCUT2D eigenvalue weighted by Crippen LogP contribution is 2.25. The minimum Gasteiger partial charge on any atom is -0.326 e. The van der Waals surface area contributed by atoms with Gasteiger partial charge in [0, 0.05) is 50.9 Å². The second kappa shape index (κ2) is 5.91. The quantitative estimate of drug-likeness (QED) is 0.749. The van der Waals surface area contributed by atoms with Crippen molar-refractivity contribution in [3.05, 3.63) is 29.3 Å². The van der Waals surface area contributed by atoms with Crippen LogP contribution in [0.3, 0.4) is 0 Å². The number of hydrogen-bond donors (Lipinski definition) is 3. The average Bonchev–Trinajstić information content (AvgIpc) is 2.47. The number of amides is 1. The topological polar surface area (TPSA) is 70.4 Å². The summed E-state index contributed by atoms with van der Waals surface area (Å²) >= 11 is 0. The minimum absolute atomic E-state index is 0.0380. The molecular formula is C15H22N4O. The Bertz CT molecular complexity index is 497. The molecule has 2 aliphatic heterocycles. The SMILES string of the molecule is NC(CN1CCNCC1)c1ccc2c(c1)CCC(=O)N2. The number of hydrogen-bond acceptors (Lipinski definition) is 4. The molecule has 0 aliphatic carbocycles. The number of aryl methyl sites for hydroxylation is 1. The van der Waals surface area contributed by atoms with E-state index in [2.05, 4.69) is 21.6 Å². The summed E-state index contributed by atoms with van der Waals surface area (Å²) in [6.45, 7) is 5.11. The summed E-state index contributed by atoms with van der Waals surface area (Å²) in [5.41, 5.74) is 9.65. The van der Waals surface area contributed by atoms with Crippen LogP contribution in [-0.2, 0) is 11.2 Å². The van der Waals surface area contributed by atoms with E-state index in [4.69, 9.17) is 5.73 Å². The highest BCUT2D eigenvalue weighted by Gasteiger charge is 2.18. The lowest BCUT2D eigenvalue weighted by atomic mass is 9.97. The molecule has 0 aromatic heterocycles. The van der Waals surface area contributed by atoms with Crippen molar-refractivity contribution < 1.29 is 4.79 Å². The van der Waals surface area contributed by atoms with Gasteiger partial charge in [0.05, 0.1) is 0 Å². The van der Waals surface area contributed by atoms with Crippen LogP contribution in [0, 0.1) is 0 Å². The average molecular weight is 274 g/mol. The zero-order valence-electron chi connectivity index (χ0n) is 11.7. The van der Waals surface area contributed by atoms with E-state index in [-0.39, 0.29) is 11.9 Å². The van der Waals surface area contributed by atoms with E-state index in [0.29, 0.717) is 6.42 Å². The second-order valence-corrected chi connectivity index (χ2v) is 5.62. The third-order valence-corrected chi connectivity index (χ3v) is 4.12. The number of carbonyl (C=O) groups excluding carboxylic acids is 1. The van der Waals surface area contributed by atoms with Gasteiger partial charge in [0.1, 0.15) is 0 Å². The molecular weight excluding hydrogens is 252 g/mol. The van der Waals surface area contributed by atoms with Gasteiger partial charge in [0.25, 0.3) is 0 Å². The Morgan fingerprint density at radius 1 is 1.25 bits per heavy atom. The standard InChI is InChI=1S/C15H22N4O/c16-13(10-19-7-5-17-6-8-19)11-1-3-14-12(9-11)2-4-15(20)18-14/h1,3,9,13,17H,2,4-8,10,16H2,(H,18,20). The number of nitrogens with two attached hydrogens (primary N) is 1. The Hall–Kier alpha value is -1.43. The fourth-order valence-corrected chi connectivity index (χ4v) is 2.91. The van der Waals surface area contributed by atoms with Crippen LogP contribution in [-0.4, -0.2) is 43.5 Å². The maximum atomic E-state index is 11.4. The molecule has 0 bridgehead atoms. The summed E-state index contributed by atoms with van der Waals surface area (Å²) in [7, 11) is 0. The van der Waals surface area contributed by atoms with E-state index in [1.807, 2.05) is 12.1 Å². The third kappa shape index (κ3) is 3.00. The first-order valence-electron chi connectivity index (χ1n) is 7.34. The van der Waals surface area contributed by atoms with Crippen molar-refractivity contribution in [2.75, 3.05) is 38.0 Å². The van der Waals surface area contributed by atoms with Crippen molar-refractivity contribution in [2.24, 2.45) is 5.73 Å². The summed E-state index contributed by atoms with van der Waals surface area (Å²) < 4.78 is 0. The third-order valence-electron chi connectivity index (χ3n) is 4.12. The van der Waals surface area contributed by atoms with E-state index in [0.717, 1.165) is 44.8 Å². The van der Waals surface area contributed by atoms with Crippen LogP contribution in [0.2, 0.25) is 0 Å². The zero-order chi connectivity index (χ0) is 13.9. The maximum Gasteiger partial charge on any atom is 0.224 e. The van der Waals surface area contributed by atoms with E-state index in [1.54, 1.807) is 0 Å². The minimum atomic E-state index is 0.0380. The second-order valence-electron chi connectivity index (χ2n) is 5.62. The molecule has 1 fully saturated rings. The molecule has 4 N–H and O–H groups in total. The molecule has 5 nitrogen and oxygen atoms in total. The van der Waals surface area contributed by atoms with E-state index < -0.39 is 0 Å². The van der Waals surface area contributed by atoms with Crippen LogP contribution in [0.4, 0.5) is 5.69 Å². The first kappa shape index (κ1) is 13.5. The van der Waals surface area contributed by atoms with Crippen molar-refractivity contribution in [1.82, 2.24) is 10.2 Å². The lowest BCUT2D eigenvalue weighted by Crippen LogP contribution is -2.45. The van der Waals surface area contributed by atoms with Gasteiger partial charge in [-0.2, -0.15) is 0 Å². The first-order chi connectivity index (χ1) is 9.72. The largest absolute Gasteiger partial charge is 0.326 e. The molecule has 3 rings (SSSR count). The monoisotopic (exact) mass is 274 g/mol. The number of nitrogens with zero attached hydrogens (tertiary/aromatic N) is 1. The predicted octanol–water partition coefficient (Wildman–Crippen LogP) is 0.476. The van der Waals surface area contributed by atoms with Gasteiger partial charge < -0.3 is 16.4 Å². The van der Waals surface area contributed by atoms with Crippen LogP contribution in [0.15, 0.2) is 18.2 Å². The van der Waals surface area contributed by atoms with Crippen molar-refractivity contribution >= 4 is 11.6 Å². The summed E-state index contributed by atoms with van der Waals surface area (Å²) in [5, 5.41) is 6.26. The Labute approximate surface area is 119 Å². The predicted molar refractivity (Wildman–Crippen MR) is 79.6 cm³/mol. The Kier molecular flexibility index (Phi) is 4.00. The molecule has 1 amide bonds. The molecule has 0 saturated carbocycles. The molecule has 1 atom stereocenters. The van der Waals surface area contributed by atoms with Crippen LogP contribution >= 0.6 is 0 Å². The van der Waals surface area contributed by atoms with Crippen molar-refractivity contribution in [1.29, 1.82) is 0 Å². The van der Waals surface area contributed by atoms with Gasteiger partial charge in [-0.3, -0.25) is 9.69 Å². The van der Waals surface area contributed by atoms with Crippen LogP contribution < -0.4 is 16.4 Å². The van der Waals surface area contributed by atoms with Crippen molar-refractivity contribution in [3.8, 4) is 0 Å². The highest BCUT2D eigenvalue weighted by atomic mass is 16.1. The summed E-state index contributed by atoms with van der Waals surface area (Å²) in [6.07, 6.45) is 1.39. The molecule has 108 valence electrons. The molecule has 1 aromatic carbocycles. The van der Waals surface area contributed by atoms with Gasteiger partial charge in [-0.1, -0.05) is 12.1 Å². The van der Waals surface area contributed by atoms with E-state index in [1.165, 1.54) is 11.1 Å². The Morgan fingerprint density at radius 3 is 2.85 bits per heavy atom. The molecule has 0 radical (unpaired) electrons. The highest BCUT2D eigenvalue weighted by molar-refractivity contribution is 5.93. The van der Waals surface area contributed by atoms with E-state index in [9.17, 15) is 4.79 Å². The molecule has 2 aliphatic rings. The maximum absolute atomic E-state index is 11.4. The zero-order valence-corrected chi connectivity index (χ0v) is 11.7. The van der Waals surface area contributed by atoms with Gasteiger partial charge >= 0.3 is 0 Å². The molecule has 5 heteroatoms. The summed E-state index contributed by atoms with van der Waals surface area (Å²) in [5.74, 6) is 0.107. The molecule has 0 spiro atoms.